The molecule has 0 radical (unpaired) electrons. The van der Waals surface area contributed by atoms with Gasteiger partial charge in [0.05, 0.1) is 17.3 Å². The predicted octanol–water partition coefficient (Wildman–Crippen LogP) is 3.75. The van der Waals surface area contributed by atoms with Crippen molar-refractivity contribution in [3.05, 3.63) is 48.2 Å². The van der Waals surface area contributed by atoms with Gasteiger partial charge in [-0.05, 0) is 53.2 Å². The highest BCUT2D eigenvalue weighted by molar-refractivity contribution is 6.62. The molecule has 1 aromatic heterocycles. The van der Waals surface area contributed by atoms with Crippen LogP contribution in [0.25, 0.3) is 0 Å². The molecule has 0 saturated carbocycles. The zero-order valence-electron chi connectivity index (χ0n) is 17.0. The first-order chi connectivity index (χ1) is 12.7. The first kappa shape index (κ1) is 19.7. The van der Waals surface area contributed by atoms with Crippen LogP contribution in [0, 0.1) is 0 Å². The van der Waals surface area contributed by atoms with Gasteiger partial charge < -0.3 is 18.8 Å². The van der Waals surface area contributed by atoms with Crippen LogP contribution in [0.5, 0.6) is 11.6 Å². The molecule has 0 bridgehead atoms. The molecule has 1 saturated heterocycles. The van der Waals surface area contributed by atoms with Gasteiger partial charge in [-0.25, -0.2) is 4.98 Å². The minimum atomic E-state index is -0.486. The third-order valence-electron chi connectivity index (χ3n) is 4.95. The number of nitrogens with zero attached hydrogens (tertiary/aromatic N) is 1. The molecular formula is C21H28BNO4. The number of benzene rings is 1. The number of rotatable bonds is 6. The van der Waals surface area contributed by atoms with Crippen molar-refractivity contribution < 1.29 is 18.8 Å². The van der Waals surface area contributed by atoms with Crippen molar-refractivity contribution in [2.24, 2.45) is 0 Å². The second-order valence-corrected chi connectivity index (χ2v) is 8.10. The SMILES string of the molecule is CC(C)Oc1cc(B2OC(C)(C)C(C)(C)O2)cnc1OCc1ccccc1. The number of pyridine rings is 1. The predicted molar refractivity (Wildman–Crippen MR) is 106 cm³/mol. The Labute approximate surface area is 162 Å². The first-order valence-corrected chi connectivity index (χ1v) is 9.37. The van der Waals surface area contributed by atoms with E-state index in [0.717, 1.165) is 11.0 Å². The summed E-state index contributed by atoms with van der Waals surface area (Å²) in [7, 11) is -0.486. The second kappa shape index (κ2) is 7.53. The van der Waals surface area contributed by atoms with Crippen molar-refractivity contribution in [2.45, 2.75) is 65.5 Å². The summed E-state index contributed by atoms with van der Waals surface area (Å²) in [5.41, 5.74) is 1.08. The van der Waals surface area contributed by atoms with Crippen LogP contribution < -0.4 is 14.9 Å². The standard InChI is InChI=1S/C21H28BNO4/c1-15(2)25-18-12-17(22-26-20(3,4)21(5,6)27-22)13-23-19(18)24-14-16-10-8-7-9-11-16/h7-13,15H,14H2,1-6H3. The minimum Gasteiger partial charge on any atom is -0.485 e. The van der Waals surface area contributed by atoms with Crippen LogP contribution in [0.2, 0.25) is 0 Å². The average Bonchev–Trinajstić information content (AvgIpc) is 2.82. The van der Waals surface area contributed by atoms with E-state index in [2.05, 4.69) is 4.98 Å². The number of hydrogen-bond donors (Lipinski definition) is 0. The van der Waals surface area contributed by atoms with Crippen LogP contribution in [-0.4, -0.2) is 29.4 Å². The van der Waals surface area contributed by atoms with Gasteiger partial charge in [-0.15, -0.1) is 0 Å². The largest absolute Gasteiger partial charge is 0.496 e. The van der Waals surface area contributed by atoms with Crippen molar-refractivity contribution >= 4 is 12.6 Å². The molecule has 0 N–H and O–H groups in total. The molecule has 0 unspecified atom stereocenters. The maximum Gasteiger partial charge on any atom is 0.496 e. The zero-order chi connectivity index (χ0) is 19.7. The van der Waals surface area contributed by atoms with E-state index in [0.29, 0.717) is 18.2 Å². The maximum atomic E-state index is 6.12. The van der Waals surface area contributed by atoms with Crippen molar-refractivity contribution in [3.8, 4) is 11.6 Å². The molecule has 6 heteroatoms. The van der Waals surface area contributed by atoms with Gasteiger partial charge in [-0.1, -0.05) is 30.3 Å². The van der Waals surface area contributed by atoms with Gasteiger partial charge >= 0.3 is 7.12 Å². The number of aromatic nitrogens is 1. The van der Waals surface area contributed by atoms with Gasteiger partial charge in [0, 0.05) is 11.7 Å². The van der Waals surface area contributed by atoms with Gasteiger partial charge in [0.2, 0.25) is 0 Å². The average molecular weight is 369 g/mol. The Morgan fingerprint density at radius 3 is 2.26 bits per heavy atom. The van der Waals surface area contributed by atoms with Gasteiger partial charge in [0.25, 0.3) is 5.88 Å². The molecule has 0 atom stereocenters. The third-order valence-corrected chi connectivity index (χ3v) is 4.95. The summed E-state index contributed by atoms with van der Waals surface area (Å²) in [5.74, 6) is 1.06. The molecular weight excluding hydrogens is 341 g/mol. The lowest BCUT2D eigenvalue weighted by Crippen LogP contribution is -2.41. The Morgan fingerprint density at radius 2 is 1.67 bits per heavy atom. The third kappa shape index (κ3) is 4.45. The molecule has 3 rings (SSSR count). The number of hydrogen-bond acceptors (Lipinski definition) is 5. The molecule has 1 aromatic carbocycles. The van der Waals surface area contributed by atoms with Crippen LogP contribution in [-0.2, 0) is 15.9 Å². The Bertz CT molecular complexity index is 761. The highest BCUT2D eigenvalue weighted by Gasteiger charge is 2.52. The molecule has 0 aliphatic carbocycles. The Balaban J connectivity index is 1.82. The second-order valence-electron chi connectivity index (χ2n) is 8.10. The summed E-state index contributed by atoms with van der Waals surface area (Å²) in [6, 6.07) is 11.9. The summed E-state index contributed by atoms with van der Waals surface area (Å²) in [6.45, 7) is 12.5. The Hall–Kier alpha value is -2.05. The quantitative estimate of drug-likeness (QED) is 0.726. The Morgan fingerprint density at radius 1 is 1.04 bits per heavy atom. The van der Waals surface area contributed by atoms with Crippen molar-refractivity contribution in [3.63, 3.8) is 0 Å². The Kier molecular flexibility index (Phi) is 5.49. The van der Waals surface area contributed by atoms with E-state index in [1.54, 1.807) is 6.20 Å². The molecule has 1 aliphatic rings. The monoisotopic (exact) mass is 369 g/mol. The molecule has 0 amide bonds. The van der Waals surface area contributed by atoms with E-state index in [1.165, 1.54) is 0 Å². The van der Waals surface area contributed by atoms with Crippen LogP contribution in [0.1, 0.15) is 47.1 Å². The molecule has 0 spiro atoms. The molecule has 27 heavy (non-hydrogen) atoms. The van der Waals surface area contributed by atoms with Gasteiger partial charge in [-0.3, -0.25) is 0 Å². The topological polar surface area (TPSA) is 49.8 Å². The fourth-order valence-corrected chi connectivity index (χ4v) is 2.73. The highest BCUT2D eigenvalue weighted by Crippen LogP contribution is 2.37. The summed E-state index contributed by atoms with van der Waals surface area (Å²) < 4.78 is 24.1. The van der Waals surface area contributed by atoms with Crippen LogP contribution in [0.15, 0.2) is 42.6 Å². The fraction of sp³-hybridized carbons (Fsp3) is 0.476. The van der Waals surface area contributed by atoms with Gasteiger partial charge in [-0.2, -0.15) is 0 Å². The van der Waals surface area contributed by atoms with Crippen LogP contribution in [0.4, 0.5) is 0 Å². The van der Waals surface area contributed by atoms with E-state index in [-0.39, 0.29) is 6.10 Å². The van der Waals surface area contributed by atoms with Crippen LogP contribution >= 0.6 is 0 Å². The zero-order valence-corrected chi connectivity index (χ0v) is 17.0. The molecule has 1 aliphatic heterocycles. The lowest BCUT2D eigenvalue weighted by molar-refractivity contribution is 0.00578. The van der Waals surface area contributed by atoms with E-state index in [9.17, 15) is 0 Å². The van der Waals surface area contributed by atoms with E-state index in [4.69, 9.17) is 18.8 Å². The van der Waals surface area contributed by atoms with E-state index in [1.807, 2.05) is 77.9 Å². The summed E-state index contributed by atoms with van der Waals surface area (Å²) >= 11 is 0. The normalized spacial score (nSPS) is 18.0. The summed E-state index contributed by atoms with van der Waals surface area (Å²) in [6.07, 6.45) is 1.73. The summed E-state index contributed by atoms with van der Waals surface area (Å²) in [5, 5.41) is 0. The van der Waals surface area contributed by atoms with Crippen molar-refractivity contribution in [2.75, 3.05) is 0 Å². The van der Waals surface area contributed by atoms with Crippen molar-refractivity contribution in [1.82, 2.24) is 4.98 Å². The minimum absolute atomic E-state index is 0.000535. The van der Waals surface area contributed by atoms with Crippen molar-refractivity contribution in [1.29, 1.82) is 0 Å². The van der Waals surface area contributed by atoms with Gasteiger partial charge in [0.1, 0.15) is 6.61 Å². The number of ether oxygens (including phenoxy) is 2. The molecule has 144 valence electrons. The van der Waals surface area contributed by atoms with E-state index < -0.39 is 18.3 Å². The molecule has 1 fully saturated rings. The highest BCUT2D eigenvalue weighted by atomic mass is 16.7. The molecule has 2 heterocycles. The van der Waals surface area contributed by atoms with E-state index >= 15 is 0 Å². The van der Waals surface area contributed by atoms with Gasteiger partial charge in [0.15, 0.2) is 5.75 Å². The first-order valence-electron chi connectivity index (χ1n) is 9.37. The fourth-order valence-electron chi connectivity index (χ4n) is 2.73. The smallest absolute Gasteiger partial charge is 0.485 e. The lowest BCUT2D eigenvalue weighted by Gasteiger charge is -2.32. The van der Waals surface area contributed by atoms with Crippen LogP contribution in [0.3, 0.4) is 0 Å². The molecule has 2 aromatic rings. The lowest BCUT2D eigenvalue weighted by atomic mass is 9.80. The summed E-state index contributed by atoms with van der Waals surface area (Å²) in [4.78, 5) is 4.48. The maximum absolute atomic E-state index is 6.12. The molecule has 5 nitrogen and oxygen atoms in total.